The second-order valence-corrected chi connectivity index (χ2v) is 10.4. The fraction of sp³-hybridized carbons (Fsp3) is 0.944. The summed E-state index contributed by atoms with van der Waals surface area (Å²) >= 11 is 0. The van der Waals surface area contributed by atoms with Crippen molar-refractivity contribution in [1.29, 1.82) is 0 Å². The minimum atomic E-state index is -3.27. The maximum atomic E-state index is 12.9. The van der Waals surface area contributed by atoms with Crippen molar-refractivity contribution in [2.45, 2.75) is 83.8 Å². The topological polar surface area (TPSA) is 75.7 Å². The van der Waals surface area contributed by atoms with E-state index in [1.807, 2.05) is 20.8 Å². The highest BCUT2D eigenvalue weighted by Crippen LogP contribution is 2.28. The summed E-state index contributed by atoms with van der Waals surface area (Å²) in [5.74, 6) is 0.552. The summed E-state index contributed by atoms with van der Waals surface area (Å²) in [4.78, 5) is 11.9. The Hall–Kier alpha value is -0.820. The van der Waals surface area contributed by atoms with Crippen molar-refractivity contribution in [3.8, 4) is 0 Å². The van der Waals surface area contributed by atoms with E-state index in [1.54, 1.807) is 4.31 Å². The van der Waals surface area contributed by atoms with Gasteiger partial charge in [0.1, 0.15) is 5.60 Å². The van der Waals surface area contributed by atoms with Gasteiger partial charge in [0.2, 0.25) is 10.0 Å². The van der Waals surface area contributed by atoms with Gasteiger partial charge >= 0.3 is 6.09 Å². The molecule has 0 spiro atoms. The molecular formula is C18H34N2O4S. The van der Waals surface area contributed by atoms with E-state index in [-0.39, 0.29) is 11.8 Å². The molecule has 1 aliphatic carbocycles. The molecule has 1 saturated carbocycles. The Labute approximate surface area is 152 Å². The fourth-order valence-electron chi connectivity index (χ4n) is 3.81. The zero-order chi connectivity index (χ0) is 18.5. The number of carbonyl (C=O) groups is 1. The van der Waals surface area contributed by atoms with E-state index in [1.165, 1.54) is 6.42 Å². The molecule has 0 unspecified atom stereocenters. The number of nitrogens with zero attached hydrogens (tertiary/aromatic N) is 1. The lowest BCUT2D eigenvalue weighted by Crippen LogP contribution is -2.51. The van der Waals surface area contributed by atoms with Crippen LogP contribution in [0.1, 0.15) is 72.1 Å². The molecule has 1 saturated heterocycles. The molecule has 0 aromatic heterocycles. The van der Waals surface area contributed by atoms with Crippen LogP contribution in [0.2, 0.25) is 0 Å². The van der Waals surface area contributed by atoms with E-state index in [0.29, 0.717) is 19.0 Å². The van der Waals surface area contributed by atoms with E-state index in [0.717, 1.165) is 44.9 Å². The number of hydrogen-bond acceptors (Lipinski definition) is 4. The highest BCUT2D eigenvalue weighted by atomic mass is 32.2. The zero-order valence-electron chi connectivity index (χ0n) is 15.9. The van der Waals surface area contributed by atoms with Crippen molar-refractivity contribution in [1.82, 2.24) is 9.62 Å². The summed E-state index contributed by atoms with van der Waals surface area (Å²) in [7, 11) is -3.27. The van der Waals surface area contributed by atoms with E-state index in [9.17, 15) is 13.2 Å². The molecule has 146 valence electrons. The highest BCUT2D eigenvalue weighted by Gasteiger charge is 2.34. The summed E-state index contributed by atoms with van der Waals surface area (Å²) < 4.78 is 32.7. The first kappa shape index (κ1) is 20.5. The van der Waals surface area contributed by atoms with Crippen LogP contribution < -0.4 is 5.32 Å². The van der Waals surface area contributed by atoms with Gasteiger partial charge < -0.3 is 10.1 Å². The SMILES string of the molecule is CC(C)(C)OC(=O)NC[C@@H]1CCCCN1S(=O)(=O)CC1CCCCC1. The van der Waals surface area contributed by atoms with Crippen LogP contribution in [0.25, 0.3) is 0 Å². The van der Waals surface area contributed by atoms with Crippen LogP contribution in [-0.2, 0) is 14.8 Å². The van der Waals surface area contributed by atoms with Gasteiger partial charge in [0.05, 0.1) is 5.75 Å². The van der Waals surface area contributed by atoms with Crippen molar-refractivity contribution >= 4 is 16.1 Å². The predicted octanol–water partition coefficient (Wildman–Crippen LogP) is 3.28. The Morgan fingerprint density at radius 2 is 1.72 bits per heavy atom. The van der Waals surface area contributed by atoms with Crippen LogP contribution in [0.4, 0.5) is 4.79 Å². The normalized spacial score (nSPS) is 24.0. The molecule has 7 heteroatoms. The van der Waals surface area contributed by atoms with Crippen molar-refractivity contribution in [3.05, 3.63) is 0 Å². The van der Waals surface area contributed by atoms with E-state index in [2.05, 4.69) is 5.32 Å². The second kappa shape index (κ2) is 8.71. The van der Waals surface area contributed by atoms with Crippen molar-refractivity contribution < 1.29 is 17.9 Å². The van der Waals surface area contributed by atoms with Gasteiger partial charge in [-0.25, -0.2) is 13.2 Å². The maximum Gasteiger partial charge on any atom is 0.407 e. The summed E-state index contributed by atoms with van der Waals surface area (Å²) in [6.07, 6.45) is 7.75. The third kappa shape index (κ3) is 6.77. The maximum absolute atomic E-state index is 12.9. The summed E-state index contributed by atoms with van der Waals surface area (Å²) in [5, 5.41) is 2.75. The third-order valence-electron chi connectivity index (χ3n) is 4.98. The number of piperidine rings is 1. The van der Waals surface area contributed by atoms with Crippen LogP contribution in [0, 0.1) is 5.92 Å². The average Bonchev–Trinajstić information content (AvgIpc) is 2.52. The fourth-order valence-corrected chi connectivity index (χ4v) is 5.97. The number of rotatable bonds is 5. The van der Waals surface area contributed by atoms with Gasteiger partial charge in [-0.15, -0.1) is 0 Å². The van der Waals surface area contributed by atoms with Gasteiger partial charge in [-0.1, -0.05) is 25.7 Å². The highest BCUT2D eigenvalue weighted by molar-refractivity contribution is 7.89. The Balaban J connectivity index is 1.93. The van der Waals surface area contributed by atoms with Crippen LogP contribution in [0.3, 0.4) is 0 Å². The van der Waals surface area contributed by atoms with Gasteiger partial charge in [-0.3, -0.25) is 0 Å². The standard InChI is InChI=1S/C18H34N2O4S/c1-18(2,3)24-17(21)19-13-16-11-7-8-12-20(16)25(22,23)14-15-9-5-4-6-10-15/h15-16H,4-14H2,1-3H3,(H,19,21)/t16-/m0/s1. The van der Waals surface area contributed by atoms with Crippen molar-refractivity contribution in [3.63, 3.8) is 0 Å². The molecule has 1 heterocycles. The molecule has 2 fully saturated rings. The quantitative estimate of drug-likeness (QED) is 0.801. The second-order valence-electron chi connectivity index (χ2n) is 8.43. The summed E-state index contributed by atoms with van der Waals surface area (Å²) in [6.45, 7) is 6.32. The van der Waals surface area contributed by atoms with Crippen LogP contribution >= 0.6 is 0 Å². The lowest BCUT2D eigenvalue weighted by molar-refractivity contribution is 0.0512. The van der Waals surface area contributed by atoms with E-state index < -0.39 is 21.7 Å². The molecule has 1 aliphatic heterocycles. The number of hydrogen-bond donors (Lipinski definition) is 1. The van der Waals surface area contributed by atoms with Gasteiger partial charge in [0, 0.05) is 19.1 Å². The summed E-state index contributed by atoms with van der Waals surface area (Å²) in [6, 6.07) is -0.158. The average molecular weight is 375 g/mol. The molecular weight excluding hydrogens is 340 g/mol. The number of carbonyl (C=O) groups excluding carboxylic acids is 1. The molecule has 1 atom stereocenters. The number of amides is 1. The molecule has 0 aromatic carbocycles. The van der Waals surface area contributed by atoms with Gasteiger partial charge in [0.15, 0.2) is 0 Å². The molecule has 1 N–H and O–H groups in total. The minimum absolute atomic E-state index is 0.158. The first-order valence-electron chi connectivity index (χ1n) is 9.64. The van der Waals surface area contributed by atoms with Gasteiger partial charge in [0.25, 0.3) is 0 Å². The minimum Gasteiger partial charge on any atom is -0.444 e. The van der Waals surface area contributed by atoms with Crippen LogP contribution in [0.15, 0.2) is 0 Å². The number of sulfonamides is 1. The molecule has 6 nitrogen and oxygen atoms in total. The molecule has 0 bridgehead atoms. The Morgan fingerprint density at radius 3 is 2.36 bits per heavy atom. The molecule has 25 heavy (non-hydrogen) atoms. The van der Waals surface area contributed by atoms with Crippen molar-refractivity contribution in [2.24, 2.45) is 5.92 Å². The molecule has 0 aromatic rings. The molecule has 1 amide bonds. The number of alkyl carbamates (subject to hydrolysis) is 1. The van der Waals surface area contributed by atoms with Gasteiger partial charge in [-0.2, -0.15) is 4.31 Å². The smallest absolute Gasteiger partial charge is 0.407 e. The third-order valence-corrected chi connectivity index (χ3v) is 7.07. The Bertz CT molecular complexity index is 536. The summed E-state index contributed by atoms with van der Waals surface area (Å²) in [5.41, 5.74) is -0.552. The van der Waals surface area contributed by atoms with E-state index in [4.69, 9.17) is 4.74 Å². The lowest BCUT2D eigenvalue weighted by atomic mass is 9.91. The van der Waals surface area contributed by atoms with Crippen molar-refractivity contribution in [2.75, 3.05) is 18.8 Å². The predicted molar refractivity (Wildman–Crippen MR) is 98.9 cm³/mol. The zero-order valence-corrected chi connectivity index (χ0v) is 16.7. The van der Waals surface area contributed by atoms with Crippen LogP contribution in [0.5, 0.6) is 0 Å². The molecule has 2 aliphatic rings. The van der Waals surface area contributed by atoms with E-state index >= 15 is 0 Å². The monoisotopic (exact) mass is 374 g/mol. The molecule has 2 rings (SSSR count). The Morgan fingerprint density at radius 1 is 1.08 bits per heavy atom. The number of ether oxygens (including phenoxy) is 1. The first-order chi connectivity index (χ1) is 11.7. The Kier molecular flexibility index (Phi) is 7.14. The largest absolute Gasteiger partial charge is 0.444 e. The molecule has 0 radical (unpaired) electrons. The van der Waals surface area contributed by atoms with Gasteiger partial charge in [-0.05, 0) is 52.4 Å². The first-order valence-corrected chi connectivity index (χ1v) is 11.2. The number of nitrogens with one attached hydrogen (secondary N) is 1. The van der Waals surface area contributed by atoms with Crippen LogP contribution in [-0.4, -0.2) is 49.3 Å². The lowest BCUT2D eigenvalue weighted by Gasteiger charge is -2.36.